The molecular formula is C13H9FN2O3. The first-order valence-corrected chi connectivity index (χ1v) is 5.50. The van der Waals surface area contributed by atoms with Crippen molar-refractivity contribution in [2.45, 2.75) is 0 Å². The second-order valence-electron chi connectivity index (χ2n) is 3.94. The number of fused-ring (bicyclic) bond motifs is 1. The maximum Gasteiger partial charge on any atom is 0.275 e. The van der Waals surface area contributed by atoms with Crippen LogP contribution in [0.3, 0.4) is 0 Å². The van der Waals surface area contributed by atoms with Crippen molar-refractivity contribution in [3.63, 3.8) is 0 Å². The highest BCUT2D eigenvalue weighted by Crippen LogP contribution is 2.28. The summed E-state index contributed by atoms with van der Waals surface area (Å²) in [6, 6.07) is 5.71. The van der Waals surface area contributed by atoms with Crippen LogP contribution >= 0.6 is 0 Å². The van der Waals surface area contributed by atoms with Gasteiger partial charge < -0.3 is 9.15 Å². The molecule has 5 nitrogen and oxygen atoms in total. The minimum absolute atomic E-state index is 0.316. The number of H-pyrrole nitrogens is 1. The van der Waals surface area contributed by atoms with Gasteiger partial charge in [0.1, 0.15) is 17.3 Å². The van der Waals surface area contributed by atoms with E-state index in [1.165, 1.54) is 31.6 Å². The van der Waals surface area contributed by atoms with Gasteiger partial charge in [0.2, 0.25) is 0 Å². The van der Waals surface area contributed by atoms with Crippen LogP contribution in [0.15, 0.2) is 39.7 Å². The summed E-state index contributed by atoms with van der Waals surface area (Å²) in [7, 11) is 1.45. The standard InChI is InChI=1S/C13H9FN2O3/c1-18-9-5-7(4-8(14)6-9)11-12-10(2-3-19-12)13(17)16-15-11/h2-6H,1H3,(H,16,17). The predicted molar refractivity (Wildman–Crippen MR) is 66.6 cm³/mol. The first-order valence-electron chi connectivity index (χ1n) is 5.50. The molecule has 6 heteroatoms. The average Bonchev–Trinajstić information content (AvgIpc) is 2.88. The number of nitrogens with one attached hydrogen (secondary N) is 1. The fourth-order valence-electron chi connectivity index (χ4n) is 1.90. The van der Waals surface area contributed by atoms with Gasteiger partial charge in [0, 0.05) is 11.6 Å². The van der Waals surface area contributed by atoms with Crippen LogP contribution in [0, 0.1) is 5.82 Å². The van der Waals surface area contributed by atoms with Crippen molar-refractivity contribution >= 4 is 11.0 Å². The highest BCUT2D eigenvalue weighted by Gasteiger charge is 2.13. The maximum atomic E-state index is 13.5. The Morgan fingerprint density at radius 3 is 3.00 bits per heavy atom. The molecule has 0 saturated heterocycles. The highest BCUT2D eigenvalue weighted by molar-refractivity contribution is 5.89. The third-order valence-electron chi connectivity index (χ3n) is 2.77. The number of methoxy groups -OCH3 is 1. The van der Waals surface area contributed by atoms with E-state index in [-0.39, 0.29) is 5.56 Å². The molecule has 19 heavy (non-hydrogen) atoms. The number of halogens is 1. The van der Waals surface area contributed by atoms with E-state index in [0.29, 0.717) is 28.0 Å². The number of hydrogen-bond donors (Lipinski definition) is 1. The van der Waals surface area contributed by atoms with Crippen LogP contribution in [-0.2, 0) is 0 Å². The van der Waals surface area contributed by atoms with Gasteiger partial charge in [-0.05, 0) is 18.2 Å². The zero-order valence-corrected chi connectivity index (χ0v) is 9.94. The first kappa shape index (κ1) is 11.5. The topological polar surface area (TPSA) is 68.1 Å². The first-order chi connectivity index (χ1) is 9.19. The molecule has 0 bridgehead atoms. The fourth-order valence-corrected chi connectivity index (χ4v) is 1.90. The Bertz CT molecular complexity index is 807. The van der Waals surface area contributed by atoms with Crippen LogP contribution < -0.4 is 10.3 Å². The fraction of sp³-hybridized carbons (Fsp3) is 0.0769. The average molecular weight is 260 g/mol. The summed E-state index contributed by atoms with van der Waals surface area (Å²) in [5.74, 6) is -0.0928. The number of aromatic amines is 1. The minimum Gasteiger partial charge on any atom is -0.497 e. The Morgan fingerprint density at radius 2 is 2.21 bits per heavy atom. The van der Waals surface area contributed by atoms with Crippen LogP contribution in [0.4, 0.5) is 4.39 Å². The summed E-state index contributed by atoms with van der Waals surface area (Å²) >= 11 is 0. The highest BCUT2D eigenvalue weighted by atomic mass is 19.1. The molecule has 0 saturated carbocycles. The van der Waals surface area contributed by atoms with Crippen molar-refractivity contribution in [2.75, 3.05) is 7.11 Å². The van der Waals surface area contributed by atoms with Gasteiger partial charge in [-0.2, -0.15) is 5.10 Å². The predicted octanol–water partition coefficient (Wildman–Crippen LogP) is 2.33. The zero-order valence-electron chi connectivity index (χ0n) is 9.94. The van der Waals surface area contributed by atoms with E-state index in [1.807, 2.05) is 0 Å². The lowest BCUT2D eigenvalue weighted by Gasteiger charge is -2.05. The van der Waals surface area contributed by atoms with E-state index in [0.717, 1.165) is 0 Å². The summed E-state index contributed by atoms with van der Waals surface area (Å²) < 4.78 is 23.8. The van der Waals surface area contributed by atoms with Crippen LogP contribution in [0.25, 0.3) is 22.2 Å². The molecule has 2 aromatic heterocycles. The van der Waals surface area contributed by atoms with Gasteiger partial charge in [0.25, 0.3) is 5.56 Å². The van der Waals surface area contributed by atoms with Crippen molar-refractivity contribution in [1.82, 2.24) is 10.2 Å². The van der Waals surface area contributed by atoms with E-state index in [1.54, 1.807) is 6.07 Å². The van der Waals surface area contributed by atoms with Gasteiger partial charge in [-0.25, -0.2) is 9.49 Å². The van der Waals surface area contributed by atoms with Crippen molar-refractivity contribution in [3.05, 3.63) is 46.7 Å². The van der Waals surface area contributed by atoms with Crippen LogP contribution in [-0.4, -0.2) is 17.3 Å². The van der Waals surface area contributed by atoms with E-state index < -0.39 is 5.82 Å². The molecule has 3 aromatic rings. The largest absolute Gasteiger partial charge is 0.497 e. The number of rotatable bonds is 2. The third-order valence-corrected chi connectivity index (χ3v) is 2.77. The summed E-state index contributed by atoms with van der Waals surface area (Å²) in [6.45, 7) is 0. The lowest BCUT2D eigenvalue weighted by Crippen LogP contribution is -2.08. The summed E-state index contributed by atoms with van der Waals surface area (Å²) in [5, 5.41) is 6.64. The zero-order chi connectivity index (χ0) is 13.4. The van der Waals surface area contributed by atoms with Gasteiger partial charge in [0.15, 0.2) is 5.58 Å². The summed E-state index contributed by atoms with van der Waals surface area (Å²) in [6.07, 6.45) is 1.39. The Hall–Kier alpha value is -2.63. The molecule has 0 spiro atoms. The molecule has 0 aliphatic heterocycles. The number of furan rings is 1. The van der Waals surface area contributed by atoms with Crippen LogP contribution in [0.2, 0.25) is 0 Å². The van der Waals surface area contributed by atoms with E-state index >= 15 is 0 Å². The molecule has 0 aliphatic rings. The molecule has 0 aliphatic carbocycles. The molecule has 1 N–H and O–H groups in total. The minimum atomic E-state index is -0.456. The maximum absolute atomic E-state index is 13.5. The number of ether oxygens (including phenoxy) is 1. The van der Waals surface area contributed by atoms with E-state index in [4.69, 9.17) is 9.15 Å². The van der Waals surface area contributed by atoms with Crippen LogP contribution in [0.1, 0.15) is 0 Å². The Labute approximate surface area is 106 Å². The molecule has 0 radical (unpaired) electrons. The molecular weight excluding hydrogens is 251 g/mol. The Balaban J connectivity index is 2.30. The molecule has 0 atom stereocenters. The lowest BCUT2D eigenvalue weighted by atomic mass is 10.1. The van der Waals surface area contributed by atoms with Crippen molar-refractivity contribution in [1.29, 1.82) is 0 Å². The molecule has 0 unspecified atom stereocenters. The van der Waals surface area contributed by atoms with Crippen molar-refractivity contribution < 1.29 is 13.5 Å². The lowest BCUT2D eigenvalue weighted by molar-refractivity contribution is 0.411. The second kappa shape index (κ2) is 4.24. The smallest absolute Gasteiger partial charge is 0.275 e. The summed E-state index contributed by atoms with van der Waals surface area (Å²) in [5.41, 5.74) is 0.790. The van der Waals surface area contributed by atoms with Gasteiger partial charge in [-0.15, -0.1) is 0 Å². The quantitative estimate of drug-likeness (QED) is 0.767. The van der Waals surface area contributed by atoms with E-state index in [9.17, 15) is 9.18 Å². The molecule has 0 fully saturated rings. The number of aromatic nitrogens is 2. The van der Waals surface area contributed by atoms with Crippen LogP contribution in [0.5, 0.6) is 5.75 Å². The number of benzene rings is 1. The van der Waals surface area contributed by atoms with Gasteiger partial charge in [-0.1, -0.05) is 0 Å². The van der Waals surface area contributed by atoms with Gasteiger partial charge in [-0.3, -0.25) is 4.79 Å². The SMILES string of the molecule is COc1cc(F)cc(-c2n[nH]c(=O)c3ccoc23)c1. The van der Waals surface area contributed by atoms with Crippen molar-refractivity contribution in [3.8, 4) is 17.0 Å². The second-order valence-corrected chi connectivity index (χ2v) is 3.94. The number of hydrogen-bond acceptors (Lipinski definition) is 4. The van der Waals surface area contributed by atoms with Gasteiger partial charge in [0.05, 0.1) is 18.8 Å². The molecule has 1 aromatic carbocycles. The molecule has 2 heterocycles. The Kier molecular flexibility index (Phi) is 2.56. The molecule has 0 amide bonds. The summed E-state index contributed by atoms with van der Waals surface area (Å²) in [4.78, 5) is 11.5. The van der Waals surface area contributed by atoms with E-state index in [2.05, 4.69) is 10.2 Å². The molecule has 96 valence electrons. The monoisotopic (exact) mass is 260 g/mol. The Morgan fingerprint density at radius 1 is 1.37 bits per heavy atom. The third kappa shape index (κ3) is 1.87. The molecule has 3 rings (SSSR count). The number of nitrogens with zero attached hydrogens (tertiary/aromatic N) is 1. The van der Waals surface area contributed by atoms with Gasteiger partial charge >= 0.3 is 0 Å². The normalized spacial score (nSPS) is 10.8. The van der Waals surface area contributed by atoms with Crippen molar-refractivity contribution in [2.24, 2.45) is 0 Å².